The van der Waals surface area contributed by atoms with Gasteiger partial charge in [0.1, 0.15) is 11.8 Å². The topological polar surface area (TPSA) is 106 Å². The number of pyridine rings is 1. The maximum absolute atomic E-state index is 12.4. The molecule has 1 fully saturated rings. The Balaban J connectivity index is 1.45. The van der Waals surface area contributed by atoms with E-state index in [2.05, 4.69) is 15.3 Å². The Bertz CT molecular complexity index is 1140. The van der Waals surface area contributed by atoms with Crippen LogP contribution in [0.2, 0.25) is 0 Å². The number of cyclic esters (lactones) is 1. The lowest BCUT2D eigenvalue weighted by molar-refractivity contribution is -0.119. The van der Waals surface area contributed by atoms with Crippen LogP contribution in [0.5, 0.6) is 0 Å². The van der Waals surface area contributed by atoms with Crippen LogP contribution in [0.4, 0.5) is 10.5 Å². The molecule has 4 rings (SSSR count). The van der Waals surface area contributed by atoms with Crippen molar-refractivity contribution in [3.8, 4) is 11.1 Å². The second-order valence-electron chi connectivity index (χ2n) is 7.65. The number of benzene rings is 1. The summed E-state index contributed by atoms with van der Waals surface area (Å²) in [5.41, 5.74) is 3.84. The molecule has 0 unspecified atom stereocenters. The van der Waals surface area contributed by atoms with E-state index in [4.69, 9.17) is 4.74 Å². The molecule has 1 aliphatic heterocycles. The van der Waals surface area contributed by atoms with Gasteiger partial charge in [-0.1, -0.05) is 12.1 Å². The second kappa shape index (κ2) is 9.01. The maximum atomic E-state index is 12.4. The van der Waals surface area contributed by atoms with Crippen LogP contribution in [0.1, 0.15) is 23.0 Å². The molecule has 2 amide bonds. The summed E-state index contributed by atoms with van der Waals surface area (Å²) in [6, 6.07) is 9.30. The number of ether oxygens (including phenoxy) is 1. The van der Waals surface area contributed by atoms with Crippen molar-refractivity contribution >= 4 is 23.5 Å². The van der Waals surface area contributed by atoms with Crippen molar-refractivity contribution in [2.75, 3.05) is 18.0 Å². The highest BCUT2D eigenvalue weighted by Crippen LogP contribution is 2.29. The molecule has 0 saturated carbocycles. The van der Waals surface area contributed by atoms with Gasteiger partial charge in [-0.2, -0.15) is 0 Å². The zero-order valence-electron chi connectivity index (χ0n) is 17.8. The van der Waals surface area contributed by atoms with E-state index in [0.29, 0.717) is 12.2 Å². The Morgan fingerprint density at radius 1 is 1.22 bits per heavy atom. The molecule has 0 aliphatic carbocycles. The van der Waals surface area contributed by atoms with Crippen LogP contribution in [0.15, 0.2) is 55.2 Å². The van der Waals surface area contributed by atoms with Gasteiger partial charge in [0.2, 0.25) is 11.7 Å². The van der Waals surface area contributed by atoms with Crippen molar-refractivity contribution < 1.29 is 19.1 Å². The van der Waals surface area contributed by atoms with E-state index in [1.807, 2.05) is 31.2 Å². The van der Waals surface area contributed by atoms with Gasteiger partial charge in [-0.15, -0.1) is 0 Å². The summed E-state index contributed by atoms with van der Waals surface area (Å²) >= 11 is 0. The third kappa shape index (κ3) is 4.66. The molecule has 0 radical (unpaired) electrons. The molecule has 0 bridgehead atoms. The first kappa shape index (κ1) is 21.2. The SMILES string of the molecule is CC(=O)NC[C@H]1CN(c2ccc(-c3ccc(C(=O)Cn4ccnc4)nc3)cc2C)C(=O)O1. The van der Waals surface area contributed by atoms with Crippen LogP contribution in [0.25, 0.3) is 11.1 Å². The number of rotatable bonds is 7. The zero-order chi connectivity index (χ0) is 22.7. The maximum Gasteiger partial charge on any atom is 0.414 e. The van der Waals surface area contributed by atoms with Crippen molar-refractivity contribution in [3.63, 3.8) is 0 Å². The first-order valence-electron chi connectivity index (χ1n) is 10.2. The predicted molar refractivity (Wildman–Crippen MR) is 117 cm³/mol. The molecule has 1 atom stereocenters. The summed E-state index contributed by atoms with van der Waals surface area (Å²) in [4.78, 5) is 45.6. The number of carbonyl (C=O) groups excluding carboxylic acids is 3. The van der Waals surface area contributed by atoms with Crippen LogP contribution < -0.4 is 10.2 Å². The van der Waals surface area contributed by atoms with Gasteiger partial charge >= 0.3 is 6.09 Å². The first-order chi connectivity index (χ1) is 15.4. The molecule has 32 heavy (non-hydrogen) atoms. The number of hydrogen-bond donors (Lipinski definition) is 1. The molecule has 9 nitrogen and oxygen atoms in total. The van der Waals surface area contributed by atoms with Crippen molar-refractivity contribution in [1.29, 1.82) is 0 Å². The number of anilines is 1. The molecule has 164 valence electrons. The minimum Gasteiger partial charge on any atom is -0.442 e. The Kier molecular flexibility index (Phi) is 5.98. The van der Waals surface area contributed by atoms with Gasteiger partial charge in [0, 0.05) is 31.1 Å². The van der Waals surface area contributed by atoms with Crippen molar-refractivity contribution in [2.24, 2.45) is 0 Å². The number of imidazole rings is 1. The molecule has 1 N–H and O–H groups in total. The van der Waals surface area contributed by atoms with Crippen LogP contribution in [0, 0.1) is 6.92 Å². The lowest BCUT2D eigenvalue weighted by Crippen LogP contribution is -2.33. The second-order valence-corrected chi connectivity index (χ2v) is 7.65. The number of nitrogens with zero attached hydrogens (tertiary/aromatic N) is 4. The summed E-state index contributed by atoms with van der Waals surface area (Å²) in [5, 5.41) is 2.67. The summed E-state index contributed by atoms with van der Waals surface area (Å²) < 4.78 is 7.04. The molecule has 3 aromatic rings. The Hall–Kier alpha value is -4.01. The van der Waals surface area contributed by atoms with E-state index in [1.54, 1.807) is 40.5 Å². The smallest absolute Gasteiger partial charge is 0.414 e. The fraction of sp³-hybridized carbons (Fsp3) is 0.261. The van der Waals surface area contributed by atoms with E-state index in [0.717, 1.165) is 22.4 Å². The first-order valence-corrected chi connectivity index (χ1v) is 10.2. The minimum atomic E-state index is -0.432. The van der Waals surface area contributed by atoms with Crippen LogP contribution >= 0.6 is 0 Å². The third-order valence-corrected chi connectivity index (χ3v) is 5.21. The van der Waals surface area contributed by atoms with Gasteiger partial charge in [-0.05, 0) is 36.2 Å². The number of aromatic nitrogens is 3. The van der Waals surface area contributed by atoms with Crippen molar-refractivity contribution in [2.45, 2.75) is 26.5 Å². The van der Waals surface area contributed by atoms with Gasteiger partial charge in [0.15, 0.2) is 0 Å². The monoisotopic (exact) mass is 433 g/mol. The van der Waals surface area contributed by atoms with Gasteiger partial charge in [-0.25, -0.2) is 9.78 Å². The Labute approximate surface area is 185 Å². The highest BCUT2D eigenvalue weighted by atomic mass is 16.6. The van der Waals surface area contributed by atoms with Crippen molar-refractivity contribution in [3.05, 3.63) is 66.5 Å². The summed E-state index contributed by atoms with van der Waals surface area (Å²) in [7, 11) is 0. The number of carbonyl (C=O) groups is 3. The fourth-order valence-corrected chi connectivity index (χ4v) is 3.58. The predicted octanol–water partition coefficient (Wildman–Crippen LogP) is 2.60. The number of aryl methyl sites for hydroxylation is 1. The van der Waals surface area contributed by atoms with Gasteiger partial charge in [-0.3, -0.25) is 19.5 Å². The lowest BCUT2D eigenvalue weighted by atomic mass is 10.0. The average molecular weight is 433 g/mol. The van der Waals surface area contributed by atoms with Crippen LogP contribution in [0.3, 0.4) is 0 Å². The Morgan fingerprint density at radius 3 is 2.69 bits per heavy atom. The highest BCUT2D eigenvalue weighted by Gasteiger charge is 2.33. The summed E-state index contributed by atoms with van der Waals surface area (Å²) in [5.74, 6) is -0.259. The molecule has 1 aliphatic rings. The average Bonchev–Trinajstić information content (AvgIpc) is 3.42. The van der Waals surface area contributed by atoms with E-state index in [1.165, 1.54) is 6.92 Å². The van der Waals surface area contributed by atoms with Gasteiger partial charge in [0.05, 0.1) is 31.6 Å². The fourth-order valence-electron chi connectivity index (χ4n) is 3.58. The molecule has 9 heteroatoms. The van der Waals surface area contributed by atoms with E-state index in [9.17, 15) is 14.4 Å². The standard InChI is InChI=1S/C23H23N5O4/c1-15-9-17(4-6-21(15)28-12-19(32-23(28)31)11-25-16(2)29)18-3-5-20(26-10-18)22(30)13-27-8-7-24-14-27/h3-10,14,19H,11-13H2,1-2H3,(H,25,29)/t19-/m0/s1. The van der Waals surface area contributed by atoms with E-state index < -0.39 is 6.09 Å². The van der Waals surface area contributed by atoms with Crippen LogP contribution in [-0.2, 0) is 16.1 Å². The quantitative estimate of drug-likeness (QED) is 0.574. The van der Waals surface area contributed by atoms with E-state index in [-0.39, 0.29) is 30.9 Å². The molecular weight excluding hydrogens is 410 g/mol. The minimum absolute atomic E-state index is 0.0950. The molecule has 3 heterocycles. The molecular formula is C23H23N5O4. The largest absolute Gasteiger partial charge is 0.442 e. The summed E-state index contributed by atoms with van der Waals surface area (Å²) in [6.07, 6.45) is 5.80. The number of nitrogens with one attached hydrogen (secondary N) is 1. The molecule has 0 spiro atoms. The molecule has 1 aromatic carbocycles. The third-order valence-electron chi connectivity index (χ3n) is 5.21. The highest BCUT2D eigenvalue weighted by molar-refractivity contribution is 5.94. The number of hydrogen-bond acceptors (Lipinski definition) is 6. The molecule has 1 saturated heterocycles. The normalized spacial score (nSPS) is 15.5. The van der Waals surface area contributed by atoms with E-state index >= 15 is 0 Å². The number of ketones is 1. The Morgan fingerprint density at radius 2 is 2.03 bits per heavy atom. The zero-order valence-corrected chi connectivity index (χ0v) is 17.8. The van der Waals surface area contributed by atoms with Crippen molar-refractivity contribution in [1.82, 2.24) is 19.9 Å². The lowest BCUT2D eigenvalue weighted by Gasteiger charge is -2.17. The number of amides is 2. The summed E-state index contributed by atoms with van der Waals surface area (Å²) in [6.45, 7) is 4.19. The van der Waals surface area contributed by atoms with Crippen LogP contribution in [-0.4, -0.2) is 51.5 Å². The van der Waals surface area contributed by atoms with Gasteiger partial charge < -0.3 is 14.6 Å². The van der Waals surface area contributed by atoms with Gasteiger partial charge in [0.25, 0.3) is 0 Å². The number of Topliss-reactive ketones (excluding diaryl/α,β-unsaturated/α-hetero) is 1. The molecule has 2 aromatic heterocycles.